The number of Topliss-reactive ketones (excluding diaryl/α,β-unsaturated/α-hetero) is 1. The first kappa shape index (κ1) is 16.2. The van der Waals surface area contributed by atoms with Crippen molar-refractivity contribution in [3.8, 4) is 0 Å². The Kier molecular flexibility index (Phi) is 3.69. The van der Waals surface area contributed by atoms with Crippen molar-refractivity contribution in [3.05, 3.63) is 22.3 Å². The van der Waals surface area contributed by atoms with Gasteiger partial charge in [-0.2, -0.15) is 0 Å². The van der Waals surface area contributed by atoms with Crippen LogP contribution in [0.3, 0.4) is 0 Å². The van der Waals surface area contributed by atoms with Gasteiger partial charge in [0, 0.05) is 11.1 Å². The Morgan fingerprint density at radius 2 is 0.895 bits per heavy atom. The summed E-state index contributed by atoms with van der Waals surface area (Å²) >= 11 is 0. The summed E-state index contributed by atoms with van der Waals surface area (Å²) in [4.78, 5) is 12.8. The number of carbonyl (C=O) groups is 1. The number of rotatable bonds is 0. The lowest BCUT2D eigenvalue weighted by Gasteiger charge is -2.34. The van der Waals surface area contributed by atoms with Crippen LogP contribution in [0.25, 0.3) is 0 Å². The Morgan fingerprint density at radius 3 is 1.16 bits per heavy atom. The van der Waals surface area contributed by atoms with Gasteiger partial charge in [-0.1, -0.05) is 62.3 Å². The molecule has 0 spiro atoms. The van der Waals surface area contributed by atoms with Crippen LogP contribution in [0.1, 0.15) is 69.2 Å². The monoisotopic (exact) mass is 262 g/mol. The van der Waals surface area contributed by atoms with Crippen LogP contribution in [-0.2, 0) is 4.79 Å². The highest BCUT2D eigenvalue weighted by molar-refractivity contribution is 6.14. The minimum absolute atomic E-state index is 0.00134. The third-order valence-corrected chi connectivity index (χ3v) is 3.69. The van der Waals surface area contributed by atoms with Crippen LogP contribution in [0.15, 0.2) is 22.3 Å². The van der Waals surface area contributed by atoms with Crippen LogP contribution in [0.5, 0.6) is 0 Å². The van der Waals surface area contributed by atoms with Gasteiger partial charge in [0.1, 0.15) is 0 Å². The molecular weight excluding hydrogens is 232 g/mol. The number of carbonyl (C=O) groups excluding carboxylic acids is 1. The van der Waals surface area contributed by atoms with E-state index < -0.39 is 0 Å². The molecule has 108 valence electrons. The fourth-order valence-electron chi connectivity index (χ4n) is 3.13. The summed E-state index contributed by atoms with van der Waals surface area (Å²) in [6.45, 7) is 21.7. The van der Waals surface area contributed by atoms with Gasteiger partial charge in [-0.3, -0.25) is 4.79 Å². The smallest absolute Gasteiger partial charge is 0.185 e. The first-order valence-electron chi connectivity index (χ1n) is 7.20. The standard InChI is InChI=1S/C18H30O/c1-11-12(16(2,3)4)13(17(5,6)7)14(15(11)19)18(8,9)10/h1-10H3. The average molecular weight is 262 g/mol. The van der Waals surface area contributed by atoms with E-state index in [2.05, 4.69) is 62.3 Å². The second kappa shape index (κ2) is 4.33. The molecule has 0 aliphatic heterocycles. The van der Waals surface area contributed by atoms with Crippen LogP contribution in [-0.4, -0.2) is 5.78 Å². The number of hydrogen-bond acceptors (Lipinski definition) is 1. The van der Waals surface area contributed by atoms with Crippen molar-refractivity contribution >= 4 is 5.78 Å². The largest absolute Gasteiger partial charge is 0.289 e. The Labute approximate surface area is 119 Å². The molecule has 1 rings (SSSR count). The maximum absolute atomic E-state index is 12.8. The molecule has 0 aromatic rings. The predicted octanol–water partition coefficient (Wildman–Crippen LogP) is 5.32. The number of allylic oxidation sites excluding steroid dienone is 4. The highest BCUT2D eigenvalue weighted by Gasteiger charge is 2.43. The van der Waals surface area contributed by atoms with Crippen LogP contribution in [0.4, 0.5) is 0 Å². The van der Waals surface area contributed by atoms with Gasteiger partial charge in [0.25, 0.3) is 0 Å². The first-order valence-corrected chi connectivity index (χ1v) is 7.20. The summed E-state index contributed by atoms with van der Waals surface area (Å²) in [7, 11) is 0. The summed E-state index contributed by atoms with van der Waals surface area (Å²) in [6.07, 6.45) is 0. The van der Waals surface area contributed by atoms with Crippen molar-refractivity contribution in [2.45, 2.75) is 69.2 Å². The summed E-state index contributed by atoms with van der Waals surface area (Å²) in [5.41, 5.74) is 4.40. The molecule has 0 saturated heterocycles. The van der Waals surface area contributed by atoms with Gasteiger partial charge in [-0.15, -0.1) is 0 Å². The number of hydrogen-bond donors (Lipinski definition) is 0. The average Bonchev–Trinajstić information content (AvgIpc) is 2.36. The highest BCUT2D eigenvalue weighted by Crippen LogP contribution is 2.51. The maximum Gasteiger partial charge on any atom is 0.185 e. The lowest BCUT2D eigenvalue weighted by atomic mass is 9.69. The fourth-order valence-corrected chi connectivity index (χ4v) is 3.13. The SMILES string of the molecule is CC1=C(C(C)(C)C)C(C(C)(C)C)=C(C(C)(C)C)C1=O. The normalized spacial score (nSPS) is 18.7. The Balaban J connectivity index is 3.73. The lowest BCUT2D eigenvalue weighted by molar-refractivity contribution is -0.112. The third kappa shape index (κ3) is 2.85. The van der Waals surface area contributed by atoms with Crippen molar-refractivity contribution in [3.63, 3.8) is 0 Å². The lowest BCUT2D eigenvalue weighted by Crippen LogP contribution is -2.24. The van der Waals surface area contributed by atoms with Crippen molar-refractivity contribution in [2.24, 2.45) is 16.2 Å². The van der Waals surface area contributed by atoms with E-state index in [0.717, 1.165) is 11.1 Å². The molecule has 0 bridgehead atoms. The zero-order chi connectivity index (χ0) is 15.4. The van der Waals surface area contributed by atoms with E-state index in [0.29, 0.717) is 0 Å². The van der Waals surface area contributed by atoms with Crippen LogP contribution in [0.2, 0.25) is 0 Å². The van der Waals surface area contributed by atoms with Gasteiger partial charge >= 0.3 is 0 Å². The summed E-state index contributed by atoms with van der Waals surface area (Å²) in [5, 5.41) is 0. The van der Waals surface area contributed by atoms with E-state index in [1.54, 1.807) is 0 Å². The molecule has 1 aliphatic carbocycles. The van der Waals surface area contributed by atoms with Gasteiger partial charge in [-0.05, 0) is 34.3 Å². The molecule has 1 nitrogen and oxygen atoms in total. The van der Waals surface area contributed by atoms with E-state index >= 15 is 0 Å². The second-order valence-electron chi connectivity index (χ2n) is 8.83. The molecule has 0 fully saturated rings. The van der Waals surface area contributed by atoms with Crippen LogP contribution in [0, 0.1) is 16.2 Å². The van der Waals surface area contributed by atoms with Gasteiger partial charge in [-0.25, -0.2) is 0 Å². The molecule has 0 saturated carbocycles. The predicted molar refractivity (Wildman–Crippen MR) is 83.1 cm³/mol. The topological polar surface area (TPSA) is 17.1 Å². The van der Waals surface area contributed by atoms with Crippen molar-refractivity contribution < 1.29 is 4.79 Å². The second-order valence-corrected chi connectivity index (χ2v) is 8.83. The molecule has 0 heterocycles. The minimum atomic E-state index is -0.103. The number of ketones is 1. The molecule has 0 unspecified atom stereocenters. The summed E-state index contributed by atoms with van der Waals surface area (Å²) in [5.74, 6) is 0.252. The molecule has 1 aliphatic rings. The van der Waals surface area contributed by atoms with Gasteiger partial charge in [0.2, 0.25) is 0 Å². The Morgan fingerprint density at radius 1 is 0.579 bits per heavy atom. The van der Waals surface area contributed by atoms with Gasteiger partial charge in [0.15, 0.2) is 5.78 Å². The molecule has 0 radical (unpaired) electrons. The fraction of sp³-hybridized carbons (Fsp3) is 0.722. The molecule has 0 aromatic heterocycles. The summed E-state index contributed by atoms with van der Waals surface area (Å²) in [6, 6.07) is 0. The molecule has 1 heteroatoms. The first-order chi connectivity index (χ1) is 8.19. The van der Waals surface area contributed by atoms with Crippen molar-refractivity contribution in [2.75, 3.05) is 0 Å². The molecule has 0 N–H and O–H groups in total. The van der Waals surface area contributed by atoms with Crippen molar-refractivity contribution in [1.82, 2.24) is 0 Å². The van der Waals surface area contributed by atoms with E-state index in [4.69, 9.17) is 0 Å². The van der Waals surface area contributed by atoms with E-state index in [1.807, 2.05) is 6.92 Å². The van der Waals surface area contributed by atoms with E-state index in [1.165, 1.54) is 11.1 Å². The Hall–Kier alpha value is -0.850. The molecule has 0 aromatic carbocycles. The highest BCUT2D eigenvalue weighted by atomic mass is 16.1. The van der Waals surface area contributed by atoms with Gasteiger partial charge < -0.3 is 0 Å². The zero-order valence-electron chi connectivity index (χ0n) is 14.4. The third-order valence-electron chi connectivity index (χ3n) is 3.69. The molecule has 0 amide bonds. The van der Waals surface area contributed by atoms with Gasteiger partial charge in [0.05, 0.1) is 0 Å². The quantitative estimate of drug-likeness (QED) is 0.577. The summed E-state index contributed by atoms with van der Waals surface area (Å²) < 4.78 is 0. The minimum Gasteiger partial charge on any atom is -0.289 e. The zero-order valence-corrected chi connectivity index (χ0v) is 14.4. The van der Waals surface area contributed by atoms with Crippen molar-refractivity contribution in [1.29, 1.82) is 0 Å². The van der Waals surface area contributed by atoms with Crippen LogP contribution >= 0.6 is 0 Å². The molecule has 0 atom stereocenters. The molecular formula is C18H30O. The molecule has 19 heavy (non-hydrogen) atoms. The van der Waals surface area contributed by atoms with E-state index in [9.17, 15) is 4.79 Å². The Bertz CT molecular complexity index is 465. The maximum atomic E-state index is 12.8. The van der Waals surface area contributed by atoms with Crippen LogP contribution < -0.4 is 0 Å². The van der Waals surface area contributed by atoms with E-state index in [-0.39, 0.29) is 22.0 Å².